The zero-order chi connectivity index (χ0) is 16.9. The van der Waals surface area contributed by atoms with Crippen LogP contribution in [-0.2, 0) is 13.0 Å². The lowest BCUT2D eigenvalue weighted by molar-refractivity contribution is -0.385. The Morgan fingerprint density at radius 1 is 1.29 bits per heavy atom. The number of nitrogens with one attached hydrogen (secondary N) is 1. The van der Waals surface area contributed by atoms with Crippen LogP contribution in [0.3, 0.4) is 0 Å². The zero-order valence-electron chi connectivity index (χ0n) is 12.4. The summed E-state index contributed by atoms with van der Waals surface area (Å²) in [5, 5.41) is 28.2. The van der Waals surface area contributed by atoms with E-state index in [0.717, 1.165) is 10.6 Å². The van der Waals surface area contributed by atoms with Crippen molar-refractivity contribution in [2.45, 2.75) is 13.0 Å². The van der Waals surface area contributed by atoms with Crippen molar-refractivity contribution in [2.75, 3.05) is 11.9 Å². The largest absolute Gasteiger partial charge is 0.358 e. The van der Waals surface area contributed by atoms with Gasteiger partial charge in [-0.2, -0.15) is 5.10 Å². The third kappa shape index (κ3) is 4.27. The van der Waals surface area contributed by atoms with Crippen LogP contribution in [0.5, 0.6) is 0 Å². The smallest absolute Gasteiger partial charge is 0.306 e. The number of benzene rings is 1. The Morgan fingerprint density at radius 2 is 2.08 bits per heavy atom. The molecule has 0 aliphatic heterocycles. The quantitative estimate of drug-likeness (QED) is 0.511. The van der Waals surface area contributed by atoms with Gasteiger partial charge in [0, 0.05) is 18.0 Å². The lowest BCUT2D eigenvalue weighted by Crippen LogP contribution is -2.10. The molecule has 2 aromatic heterocycles. The van der Waals surface area contributed by atoms with Crippen LogP contribution in [0.2, 0.25) is 5.02 Å². The summed E-state index contributed by atoms with van der Waals surface area (Å²) in [4.78, 5) is 10.1. The first-order valence-corrected chi connectivity index (χ1v) is 8.27. The van der Waals surface area contributed by atoms with Gasteiger partial charge < -0.3 is 5.32 Å². The highest BCUT2D eigenvalue weighted by molar-refractivity contribution is 7.15. The van der Waals surface area contributed by atoms with E-state index in [1.54, 1.807) is 0 Å². The summed E-state index contributed by atoms with van der Waals surface area (Å²) < 4.78 is 1.51. The first kappa shape index (κ1) is 16.3. The topological polar surface area (TPSA) is 98.8 Å². The van der Waals surface area contributed by atoms with Crippen LogP contribution < -0.4 is 5.32 Å². The molecule has 0 amide bonds. The Labute approximate surface area is 146 Å². The fourth-order valence-corrected chi connectivity index (χ4v) is 2.95. The lowest BCUT2D eigenvalue weighted by atomic mass is 10.2. The molecule has 124 valence electrons. The summed E-state index contributed by atoms with van der Waals surface area (Å²) >= 11 is 7.34. The second-order valence-electron chi connectivity index (χ2n) is 4.95. The van der Waals surface area contributed by atoms with E-state index in [2.05, 4.69) is 20.6 Å². The molecule has 3 aromatic rings. The molecule has 1 N–H and O–H groups in total. The second kappa shape index (κ2) is 7.37. The van der Waals surface area contributed by atoms with Gasteiger partial charge in [0.25, 0.3) is 0 Å². The van der Waals surface area contributed by atoms with Gasteiger partial charge in [-0.15, -0.1) is 10.2 Å². The molecular formula is C14H13ClN6O2S. The molecule has 2 heterocycles. The van der Waals surface area contributed by atoms with Crippen molar-refractivity contribution in [3.05, 3.63) is 62.4 Å². The van der Waals surface area contributed by atoms with E-state index >= 15 is 0 Å². The number of anilines is 1. The van der Waals surface area contributed by atoms with E-state index in [1.165, 1.54) is 28.4 Å². The minimum Gasteiger partial charge on any atom is -0.358 e. The Bertz CT molecular complexity index is 832. The fraction of sp³-hybridized carbons (Fsp3) is 0.214. The Kier molecular flexibility index (Phi) is 5.02. The van der Waals surface area contributed by atoms with Gasteiger partial charge in [-0.25, -0.2) is 0 Å². The molecule has 10 heteroatoms. The standard InChI is InChI=1S/C14H13ClN6O2S/c15-11-3-1-10(2-4-11)7-13-18-19-14(24-13)16-5-6-20-9-12(8-17-20)21(22)23/h1-4,8-9H,5-7H2,(H,16,19). The number of halogens is 1. The SMILES string of the molecule is O=[N+]([O-])c1cnn(CCNc2nnc(Cc3ccc(Cl)cc3)s2)c1. The van der Waals surface area contributed by atoms with Gasteiger partial charge in [-0.1, -0.05) is 35.1 Å². The third-order valence-corrected chi connectivity index (χ3v) is 4.32. The zero-order valence-corrected chi connectivity index (χ0v) is 14.0. The molecule has 0 aliphatic rings. The highest BCUT2D eigenvalue weighted by Crippen LogP contribution is 2.19. The Balaban J connectivity index is 1.50. The molecule has 24 heavy (non-hydrogen) atoms. The van der Waals surface area contributed by atoms with E-state index in [0.29, 0.717) is 29.7 Å². The molecule has 0 spiro atoms. The normalized spacial score (nSPS) is 10.7. The highest BCUT2D eigenvalue weighted by Gasteiger charge is 2.09. The van der Waals surface area contributed by atoms with Crippen molar-refractivity contribution >= 4 is 33.8 Å². The van der Waals surface area contributed by atoms with Crippen LogP contribution in [0, 0.1) is 10.1 Å². The van der Waals surface area contributed by atoms with Gasteiger partial charge in [0.05, 0.1) is 11.5 Å². The molecule has 0 bridgehead atoms. The fourth-order valence-electron chi connectivity index (χ4n) is 2.02. The van der Waals surface area contributed by atoms with Crippen molar-refractivity contribution in [3.63, 3.8) is 0 Å². The first-order chi connectivity index (χ1) is 11.6. The monoisotopic (exact) mass is 364 g/mol. The lowest BCUT2D eigenvalue weighted by Gasteiger charge is -2.01. The Hall–Kier alpha value is -2.52. The van der Waals surface area contributed by atoms with E-state index in [9.17, 15) is 10.1 Å². The molecule has 1 aromatic carbocycles. The van der Waals surface area contributed by atoms with Gasteiger partial charge in [0.1, 0.15) is 17.4 Å². The van der Waals surface area contributed by atoms with Crippen LogP contribution in [0.1, 0.15) is 10.6 Å². The van der Waals surface area contributed by atoms with Crippen LogP contribution in [0.15, 0.2) is 36.7 Å². The van der Waals surface area contributed by atoms with Crippen molar-refractivity contribution < 1.29 is 4.92 Å². The number of aromatic nitrogens is 4. The average molecular weight is 365 g/mol. The summed E-state index contributed by atoms with van der Waals surface area (Å²) in [7, 11) is 0. The van der Waals surface area contributed by atoms with Gasteiger partial charge >= 0.3 is 5.69 Å². The summed E-state index contributed by atoms with van der Waals surface area (Å²) in [5.41, 5.74) is 1.10. The van der Waals surface area contributed by atoms with Gasteiger partial charge in [0.2, 0.25) is 5.13 Å². The Morgan fingerprint density at radius 3 is 2.79 bits per heavy atom. The molecule has 0 atom stereocenters. The minimum absolute atomic E-state index is 0.0174. The molecule has 0 saturated heterocycles. The predicted molar refractivity (Wildman–Crippen MR) is 91.5 cm³/mol. The maximum Gasteiger partial charge on any atom is 0.306 e. The number of hydrogen-bond acceptors (Lipinski definition) is 7. The van der Waals surface area contributed by atoms with Gasteiger partial charge in [-0.05, 0) is 17.7 Å². The molecule has 3 rings (SSSR count). The molecule has 8 nitrogen and oxygen atoms in total. The molecule has 0 aliphatic carbocycles. The summed E-state index contributed by atoms with van der Waals surface area (Å²) in [6.07, 6.45) is 3.32. The number of rotatable bonds is 7. The number of nitro groups is 1. The van der Waals surface area contributed by atoms with E-state index in [-0.39, 0.29) is 5.69 Å². The minimum atomic E-state index is -0.468. The van der Waals surface area contributed by atoms with E-state index in [4.69, 9.17) is 11.6 Å². The summed E-state index contributed by atoms with van der Waals surface area (Å²) in [5.74, 6) is 0. The van der Waals surface area contributed by atoms with Crippen molar-refractivity contribution in [1.29, 1.82) is 0 Å². The van der Waals surface area contributed by atoms with Crippen LogP contribution in [-0.4, -0.2) is 31.4 Å². The summed E-state index contributed by atoms with van der Waals surface area (Å²) in [6.45, 7) is 1.05. The van der Waals surface area contributed by atoms with Gasteiger partial charge in [-0.3, -0.25) is 14.8 Å². The van der Waals surface area contributed by atoms with Crippen LogP contribution in [0.4, 0.5) is 10.8 Å². The second-order valence-corrected chi connectivity index (χ2v) is 6.45. The van der Waals surface area contributed by atoms with Crippen LogP contribution in [0.25, 0.3) is 0 Å². The van der Waals surface area contributed by atoms with E-state index in [1.807, 2.05) is 24.3 Å². The maximum absolute atomic E-state index is 10.6. The third-order valence-electron chi connectivity index (χ3n) is 3.18. The number of hydrogen-bond donors (Lipinski definition) is 1. The molecule has 0 unspecified atom stereocenters. The molecular weight excluding hydrogens is 352 g/mol. The molecule has 0 fully saturated rings. The maximum atomic E-state index is 10.6. The van der Waals surface area contributed by atoms with Crippen molar-refractivity contribution in [1.82, 2.24) is 20.0 Å². The van der Waals surface area contributed by atoms with Crippen molar-refractivity contribution in [3.8, 4) is 0 Å². The van der Waals surface area contributed by atoms with Crippen LogP contribution >= 0.6 is 22.9 Å². The average Bonchev–Trinajstić information content (AvgIpc) is 3.19. The van der Waals surface area contributed by atoms with Crippen molar-refractivity contribution in [2.24, 2.45) is 0 Å². The number of nitrogens with zero attached hydrogens (tertiary/aromatic N) is 5. The van der Waals surface area contributed by atoms with Gasteiger partial charge in [0.15, 0.2) is 0 Å². The predicted octanol–water partition coefficient (Wildman–Crippen LogP) is 3.00. The highest BCUT2D eigenvalue weighted by atomic mass is 35.5. The first-order valence-electron chi connectivity index (χ1n) is 7.08. The molecule has 0 saturated carbocycles. The van der Waals surface area contributed by atoms with E-state index < -0.39 is 4.92 Å². The molecule has 0 radical (unpaired) electrons. The summed E-state index contributed by atoms with van der Waals surface area (Å²) in [6, 6.07) is 7.61.